The number of carbonyl (C=O) groups excluding carboxylic acids is 1. The minimum Gasteiger partial charge on any atom is -0.468 e. The summed E-state index contributed by atoms with van der Waals surface area (Å²) in [5.74, 6) is -0.0967. The number of sulfonamides is 1. The van der Waals surface area contributed by atoms with Crippen LogP contribution in [0.1, 0.15) is 40.2 Å². The zero-order valence-electron chi connectivity index (χ0n) is 16.3. The van der Waals surface area contributed by atoms with E-state index in [4.69, 9.17) is 4.42 Å². The van der Waals surface area contributed by atoms with Crippen molar-refractivity contribution < 1.29 is 30.8 Å². The first kappa shape index (κ1) is 22.6. The van der Waals surface area contributed by atoms with Crippen LogP contribution in [0.5, 0.6) is 0 Å². The Labute approximate surface area is 177 Å². The van der Waals surface area contributed by atoms with E-state index in [-0.39, 0.29) is 17.0 Å². The Hall–Kier alpha value is -3.11. The highest BCUT2D eigenvalue weighted by atomic mass is 32.2. The first-order chi connectivity index (χ1) is 14.6. The quantitative estimate of drug-likeness (QED) is 0.561. The number of rotatable bonds is 7. The summed E-state index contributed by atoms with van der Waals surface area (Å²) < 4.78 is 70.8. The molecule has 0 aliphatic heterocycles. The van der Waals surface area contributed by atoms with Crippen LogP contribution in [0.15, 0.2) is 76.2 Å². The second-order valence-electron chi connectivity index (χ2n) is 6.75. The molecule has 0 aliphatic carbocycles. The highest BCUT2D eigenvalue weighted by Gasteiger charge is 2.30. The lowest BCUT2D eigenvalue weighted by Crippen LogP contribution is -2.27. The highest BCUT2D eigenvalue weighted by molar-refractivity contribution is 7.89. The Balaban J connectivity index is 1.66. The fourth-order valence-electron chi connectivity index (χ4n) is 2.80. The van der Waals surface area contributed by atoms with Crippen LogP contribution in [0, 0.1) is 0 Å². The maximum absolute atomic E-state index is 12.9. The Morgan fingerprint density at radius 1 is 1.06 bits per heavy atom. The zero-order valence-corrected chi connectivity index (χ0v) is 17.1. The van der Waals surface area contributed by atoms with Crippen LogP contribution in [-0.4, -0.2) is 14.3 Å². The van der Waals surface area contributed by atoms with E-state index in [0.29, 0.717) is 11.3 Å². The maximum Gasteiger partial charge on any atom is 0.416 e. The minimum atomic E-state index is -4.48. The standard InChI is InChI=1S/C21H19F3N2O4S/c1-14(16-4-2-5-17(12-16)21(22,23)24)26-20(27)15-7-9-19(10-8-15)31(28,29)25-13-18-6-3-11-30-18/h2-12,14,25H,13H2,1H3,(H,26,27). The fourth-order valence-corrected chi connectivity index (χ4v) is 3.79. The number of halogens is 3. The second-order valence-corrected chi connectivity index (χ2v) is 8.51. The molecule has 1 aromatic heterocycles. The van der Waals surface area contributed by atoms with Gasteiger partial charge in [-0.1, -0.05) is 12.1 Å². The number of alkyl halides is 3. The normalized spacial score (nSPS) is 13.0. The maximum atomic E-state index is 12.9. The molecule has 2 aromatic carbocycles. The third-order valence-electron chi connectivity index (χ3n) is 4.50. The molecule has 3 rings (SSSR count). The summed E-state index contributed by atoms with van der Waals surface area (Å²) >= 11 is 0. The van der Waals surface area contributed by atoms with E-state index < -0.39 is 33.7 Å². The molecule has 0 saturated carbocycles. The zero-order chi connectivity index (χ0) is 22.6. The Morgan fingerprint density at radius 3 is 2.39 bits per heavy atom. The average Bonchev–Trinajstić information content (AvgIpc) is 3.26. The lowest BCUT2D eigenvalue weighted by atomic mass is 10.0. The smallest absolute Gasteiger partial charge is 0.416 e. The van der Waals surface area contributed by atoms with Gasteiger partial charge in [-0.15, -0.1) is 0 Å². The molecule has 3 aromatic rings. The van der Waals surface area contributed by atoms with Crippen molar-refractivity contribution in [1.82, 2.24) is 10.0 Å². The summed E-state index contributed by atoms with van der Waals surface area (Å²) in [7, 11) is -3.81. The SMILES string of the molecule is CC(NC(=O)c1ccc(S(=O)(=O)NCc2ccco2)cc1)c1cccc(C(F)(F)F)c1. The van der Waals surface area contributed by atoms with Crippen molar-refractivity contribution in [2.45, 2.75) is 30.6 Å². The van der Waals surface area contributed by atoms with E-state index in [9.17, 15) is 26.4 Å². The van der Waals surface area contributed by atoms with Gasteiger partial charge in [-0.25, -0.2) is 13.1 Å². The molecule has 1 atom stereocenters. The molecule has 2 N–H and O–H groups in total. The molecule has 1 amide bonds. The number of nitrogens with one attached hydrogen (secondary N) is 2. The van der Waals surface area contributed by atoms with Gasteiger partial charge in [0.1, 0.15) is 5.76 Å². The van der Waals surface area contributed by atoms with E-state index in [0.717, 1.165) is 12.1 Å². The summed E-state index contributed by atoms with van der Waals surface area (Å²) in [6.07, 6.45) is -3.05. The molecule has 0 fully saturated rings. The molecule has 0 radical (unpaired) electrons. The summed E-state index contributed by atoms with van der Waals surface area (Å²) in [5.41, 5.74) is -0.337. The van der Waals surface area contributed by atoms with Crippen molar-refractivity contribution in [1.29, 1.82) is 0 Å². The van der Waals surface area contributed by atoms with Gasteiger partial charge in [0, 0.05) is 5.56 Å². The largest absolute Gasteiger partial charge is 0.468 e. The second kappa shape index (κ2) is 8.94. The number of benzene rings is 2. The van der Waals surface area contributed by atoms with Crippen LogP contribution in [0.25, 0.3) is 0 Å². The third-order valence-corrected chi connectivity index (χ3v) is 5.92. The monoisotopic (exact) mass is 452 g/mol. The van der Waals surface area contributed by atoms with Crippen LogP contribution in [0.3, 0.4) is 0 Å². The molecule has 0 aliphatic rings. The van der Waals surface area contributed by atoms with Gasteiger partial charge in [0.2, 0.25) is 10.0 Å². The van der Waals surface area contributed by atoms with Gasteiger partial charge in [0.15, 0.2) is 0 Å². The Morgan fingerprint density at radius 2 is 1.77 bits per heavy atom. The molecule has 0 spiro atoms. The number of furan rings is 1. The highest BCUT2D eigenvalue weighted by Crippen LogP contribution is 2.30. The summed E-state index contributed by atoms with van der Waals surface area (Å²) in [6.45, 7) is 1.54. The van der Waals surface area contributed by atoms with E-state index in [1.54, 1.807) is 19.1 Å². The molecule has 164 valence electrons. The van der Waals surface area contributed by atoms with Crippen LogP contribution in [-0.2, 0) is 22.7 Å². The molecule has 0 saturated heterocycles. The molecule has 10 heteroatoms. The molecule has 31 heavy (non-hydrogen) atoms. The summed E-state index contributed by atoms with van der Waals surface area (Å²) in [4.78, 5) is 12.4. The molecule has 1 unspecified atom stereocenters. The third kappa shape index (κ3) is 5.74. The van der Waals surface area contributed by atoms with E-state index >= 15 is 0 Å². The Kier molecular flexibility index (Phi) is 6.51. The predicted octanol–water partition coefficient (Wildman–Crippen LogP) is 4.27. The van der Waals surface area contributed by atoms with Crippen LogP contribution >= 0.6 is 0 Å². The van der Waals surface area contributed by atoms with Gasteiger partial charge in [-0.2, -0.15) is 13.2 Å². The minimum absolute atomic E-state index is 0.0218. The van der Waals surface area contributed by atoms with Crippen molar-refractivity contribution in [3.05, 3.63) is 89.4 Å². The first-order valence-electron chi connectivity index (χ1n) is 9.16. The van der Waals surface area contributed by atoms with E-state index in [1.165, 1.54) is 42.7 Å². The Bertz CT molecular complexity index is 1140. The molecule has 6 nitrogen and oxygen atoms in total. The van der Waals surface area contributed by atoms with E-state index in [2.05, 4.69) is 10.0 Å². The topological polar surface area (TPSA) is 88.4 Å². The average molecular weight is 452 g/mol. The number of hydrogen-bond acceptors (Lipinski definition) is 4. The number of hydrogen-bond donors (Lipinski definition) is 2. The number of carbonyl (C=O) groups is 1. The number of amides is 1. The van der Waals surface area contributed by atoms with Crippen molar-refractivity contribution in [2.24, 2.45) is 0 Å². The van der Waals surface area contributed by atoms with Crippen LogP contribution in [0.4, 0.5) is 13.2 Å². The lowest BCUT2D eigenvalue weighted by molar-refractivity contribution is -0.137. The van der Waals surface area contributed by atoms with Gasteiger partial charge in [-0.3, -0.25) is 4.79 Å². The van der Waals surface area contributed by atoms with Crippen molar-refractivity contribution in [3.63, 3.8) is 0 Å². The molecular formula is C21H19F3N2O4S. The lowest BCUT2D eigenvalue weighted by Gasteiger charge is -2.16. The molecule has 0 bridgehead atoms. The van der Waals surface area contributed by atoms with Crippen LogP contribution in [0.2, 0.25) is 0 Å². The molecule has 1 heterocycles. The van der Waals surface area contributed by atoms with Crippen LogP contribution < -0.4 is 10.0 Å². The summed E-state index contributed by atoms with van der Waals surface area (Å²) in [5, 5.41) is 2.61. The summed E-state index contributed by atoms with van der Waals surface area (Å²) in [6, 6.07) is 12.5. The first-order valence-corrected chi connectivity index (χ1v) is 10.6. The van der Waals surface area contributed by atoms with Gasteiger partial charge >= 0.3 is 6.18 Å². The van der Waals surface area contributed by atoms with Crippen molar-refractivity contribution in [3.8, 4) is 0 Å². The van der Waals surface area contributed by atoms with E-state index in [1.807, 2.05) is 0 Å². The fraction of sp³-hybridized carbons (Fsp3) is 0.190. The predicted molar refractivity (Wildman–Crippen MR) is 107 cm³/mol. The van der Waals surface area contributed by atoms with Crippen molar-refractivity contribution in [2.75, 3.05) is 0 Å². The van der Waals surface area contributed by atoms with Gasteiger partial charge < -0.3 is 9.73 Å². The van der Waals surface area contributed by atoms with Gasteiger partial charge in [0.05, 0.1) is 29.3 Å². The molecular weight excluding hydrogens is 433 g/mol. The van der Waals surface area contributed by atoms with Crippen molar-refractivity contribution >= 4 is 15.9 Å². The van der Waals surface area contributed by atoms with Gasteiger partial charge in [0.25, 0.3) is 5.91 Å². The van der Waals surface area contributed by atoms with Gasteiger partial charge in [-0.05, 0) is 61.0 Å².